The van der Waals surface area contributed by atoms with E-state index in [1.165, 1.54) is 11.1 Å². The maximum atomic E-state index is 12.4. The fourth-order valence-corrected chi connectivity index (χ4v) is 4.51. The molecule has 0 bridgehead atoms. The van der Waals surface area contributed by atoms with Crippen molar-refractivity contribution in [3.05, 3.63) is 95.9 Å². The summed E-state index contributed by atoms with van der Waals surface area (Å²) >= 11 is 0. The Morgan fingerprint density at radius 2 is 1.65 bits per heavy atom. The molecule has 1 aliphatic heterocycles. The van der Waals surface area contributed by atoms with E-state index in [2.05, 4.69) is 51.7 Å². The fraction of sp³-hybridized carbons (Fsp3) is 0.312. The molecule has 3 aromatic carbocycles. The third-order valence-electron chi connectivity index (χ3n) is 6.69. The van der Waals surface area contributed by atoms with Crippen LogP contribution in [0.4, 0.5) is 4.79 Å². The van der Waals surface area contributed by atoms with Crippen LogP contribution in [0.25, 0.3) is 22.5 Å². The van der Waals surface area contributed by atoms with E-state index < -0.39 is 5.60 Å². The molecule has 206 valence electrons. The molecule has 4 aromatic rings. The van der Waals surface area contributed by atoms with Crippen LogP contribution < -0.4 is 0 Å². The largest absolute Gasteiger partial charge is 0.444 e. The van der Waals surface area contributed by atoms with Crippen molar-refractivity contribution in [3.8, 4) is 22.5 Å². The number of nitrogens with zero attached hydrogens (tertiary/aromatic N) is 4. The van der Waals surface area contributed by atoms with Crippen LogP contribution in [-0.4, -0.2) is 45.5 Å². The van der Waals surface area contributed by atoms with Crippen molar-refractivity contribution in [2.75, 3.05) is 13.1 Å². The number of aromatic nitrogens is 2. The third-order valence-corrected chi connectivity index (χ3v) is 6.69. The molecule has 1 aliphatic rings. The van der Waals surface area contributed by atoms with Gasteiger partial charge in [-0.15, -0.1) is 0 Å². The Kier molecular flexibility index (Phi) is 7.96. The van der Waals surface area contributed by atoms with Gasteiger partial charge in [-0.05, 0) is 56.4 Å². The smallest absolute Gasteiger partial charge is 0.410 e. The van der Waals surface area contributed by atoms with Crippen LogP contribution in [-0.2, 0) is 16.2 Å². The third kappa shape index (κ3) is 6.75. The molecule has 1 atom stereocenters. The Hall–Kier alpha value is -4.46. The second-order valence-corrected chi connectivity index (χ2v) is 11.0. The SMILES string of the molecule is C/C(=N\OCc1ccc(-c2ccccc2)cc1)c1ccc(-c2noc(C3CCN(C(=O)OC(C)(C)C)C3)n2)cc1. The summed E-state index contributed by atoms with van der Waals surface area (Å²) in [6.45, 7) is 8.99. The van der Waals surface area contributed by atoms with Gasteiger partial charge < -0.3 is 19.0 Å². The lowest BCUT2D eigenvalue weighted by Gasteiger charge is -2.24. The topological polar surface area (TPSA) is 90.1 Å². The van der Waals surface area contributed by atoms with Gasteiger partial charge in [-0.3, -0.25) is 0 Å². The molecule has 0 saturated carbocycles. The zero-order chi connectivity index (χ0) is 28.1. The molecule has 0 radical (unpaired) electrons. The van der Waals surface area contributed by atoms with Gasteiger partial charge >= 0.3 is 6.09 Å². The second kappa shape index (κ2) is 11.7. The molecule has 0 N–H and O–H groups in total. The maximum absolute atomic E-state index is 12.4. The van der Waals surface area contributed by atoms with Gasteiger partial charge in [-0.2, -0.15) is 4.98 Å². The summed E-state index contributed by atoms with van der Waals surface area (Å²) in [6, 6.07) is 26.4. The number of carbonyl (C=O) groups excluding carboxylic acids is 1. The normalized spacial score (nSPS) is 15.8. The molecular formula is C32H34N4O4. The molecule has 1 unspecified atom stereocenters. The number of amides is 1. The minimum atomic E-state index is -0.525. The molecule has 40 heavy (non-hydrogen) atoms. The lowest BCUT2D eigenvalue weighted by Crippen LogP contribution is -2.35. The van der Waals surface area contributed by atoms with E-state index in [1.807, 2.05) is 70.2 Å². The number of carbonyl (C=O) groups is 1. The number of rotatable bonds is 7. The monoisotopic (exact) mass is 538 g/mol. The lowest BCUT2D eigenvalue weighted by atomic mass is 10.0. The first-order chi connectivity index (χ1) is 19.2. The Bertz CT molecular complexity index is 1460. The van der Waals surface area contributed by atoms with Gasteiger partial charge in [-0.25, -0.2) is 4.79 Å². The Balaban J connectivity index is 1.15. The first-order valence-corrected chi connectivity index (χ1v) is 13.5. The molecule has 0 aliphatic carbocycles. The molecule has 1 amide bonds. The lowest BCUT2D eigenvalue weighted by molar-refractivity contribution is 0.0291. The second-order valence-electron chi connectivity index (χ2n) is 11.0. The van der Waals surface area contributed by atoms with Crippen LogP contribution in [0, 0.1) is 0 Å². The van der Waals surface area contributed by atoms with Gasteiger partial charge in [0.1, 0.15) is 12.2 Å². The summed E-state index contributed by atoms with van der Waals surface area (Å²) < 4.78 is 11.0. The Morgan fingerprint density at radius 3 is 2.35 bits per heavy atom. The summed E-state index contributed by atoms with van der Waals surface area (Å²) in [5.41, 5.74) is 5.44. The fourth-order valence-electron chi connectivity index (χ4n) is 4.51. The van der Waals surface area contributed by atoms with E-state index in [0.29, 0.717) is 31.4 Å². The highest BCUT2D eigenvalue weighted by molar-refractivity contribution is 5.98. The first-order valence-electron chi connectivity index (χ1n) is 13.5. The van der Waals surface area contributed by atoms with Crippen molar-refractivity contribution in [1.82, 2.24) is 15.0 Å². The highest BCUT2D eigenvalue weighted by Gasteiger charge is 2.33. The van der Waals surface area contributed by atoms with Gasteiger partial charge in [0, 0.05) is 18.7 Å². The summed E-state index contributed by atoms with van der Waals surface area (Å²) in [5, 5.41) is 8.46. The zero-order valence-electron chi connectivity index (χ0n) is 23.3. The van der Waals surface area contributed by atoms with Crippen molar-refractivity contribution >= 4 is 11.8 Å². The van der Waals surface area contributed by atoms with E-state index in [0.717, 1.165) is 28.8 Å². The number of hydrogen-bond acceptors (Lipinski definition) is 7. The molecular weight excluding hydrogens is 504 g/mol. The maximum Gasteiger partial charge on any atom is 0.410 e. The van der Waals surface area contributed by atoms with Crippen molar-refractivity contribution in [2.24, 2.45) is 5.16 Å². The predicted octanol–water partition coefficient (Wildman–Crippen LogP) is 7.07. The van der Waals surface area contributed by atoms with Crippen LogP contribution >= 0.6 is 0 Å². The molecule has 0 spiro atoms. The number of oxime groups is 1. The molecule has 5 rings (SSSR count). The highest BCUT2D eigenvalue weighted by Crippen LogP contribution is 2.29. The van der Waals surface area contributed by atoms with Crippen LogP contribution in [0.15, 0.2) is 88.5 Å². The predicted molar refractivity (Wildman–Crippen MR) is 154 cm³/mol. The van der Waals surface area contributed by atoms with Crippen LogP contribution in [0.3, 0.4) is 0 Å². The van der Waals surface area contributed by atoms with Crippen molar-refractivity contribution < 1.29 is 18.9 Å². The molecule has 1 aromatic heterocycles. The van der Waals surface area contributed by atoms with Gasteiger partial charge in [-0.1, -0.05) is 89.2 Å². The molecule has 2 heterocycles. The number of benzene rings is 3. The minimum absolute atomic E-state index is 0.00545. The van der Waals surface area contributed by atoms with Gasteiger partial charge in [0.15, 0.2) is 0 Å². The average Bonchev–Trinajstić information content (AvgIpc) is 3.64. The van der Waals surface area contributed by atoms with E-state index in [-0.39, 0.29) is 12.0 Å². The highest BCUT2D eigenvalue weighted by atomic mass is 16.6. The summed E-state index contributed by atoms with van der Waals surface area (Å²) in [6.07, 6.45) is 0.444. The average molecular weight is 539 g/mol. The van der Waals surface area contributed by atoms with E-state index in [4.69, 9.17) is 14.1 Å². The molecule has 8 nitrogen and oxygen atoms in total. The van der Waals surface area contributed by atoms with Crippen molar-refractivity contribution in [2.45, 2.75) is 52.2 Å². The Morgan fingerprint density at radius 1 is 0.975 bits per heavy atom. The molecule has 1 saturated heterocycles. The standard InChI is InChI=1S/C32H34N4O4/c1-22(34-38-21-23-10-12-26(13-11-23)25-8-6-5-7-9-25)24-14-16-27(17-15-24)29-33-30(40-35-29)28-18-19-36(20-28)31(37)39-32(2,3)4/h5-17,28H,18-21H2,1-4H3/b34-22+. The summed E-state index contributed by atoms with van der Waals surface area (Å²) in [4.78, 5) is 24.3. The van der Waals surface area contributed by atoms with Crippen LogP contribution in [0.1, 0.15) is 57.1 Å². The first kappa shape index (κ1) is 27.1. The quantitative estimate of drug-likeness (QED) is 0.185. The van der Waals surface area contributed by atoms with Crippen LogP contribution in [0.2, 0.25) is 0 Å². The number of likely N-dealkylation sites (tertiary alicyclic amines) is 1. The van der Waals surface area contributed by atoms with E-state index >= 15 is 0 Å². The summed E-state index contributed by atoms with van der Waals surface area (Å²) in [7, 11) is 0. The summed E-state index contributed by atoms with van der Waals surface area (Å²) in [5.74, 6) is 1.05. The van der Waals surface area contributed by atoms with E-state index in [1.54, 1.807) is 4.90 Å². The van der Waals surface area contributed by atoms with Crippen molar-refractivity contribution in [3.63, 3.8) is 0 Å². The van der Waals surface area contributed by atoms with Gasteiger partial charge in [0.2, 0.25) is 11.7 Å². The molecule has 8 heteroatoms. The minimum Gasteiger partial charge on any atom is -0.444 e. The van der Waals surface area contributed by atoms with Gasteiger partial charge in [0.05, 0.1) is 11.6 Å². The molecule has 1 fully saturated rings. The number of ether oxygens (including phenoxy) is 1. The van der Waals surface area contributed by atoms with Crippen molar-refractivity contribution in [1.29, 1.82) is 0 Å². The zero-order valence-corrected chi connectivity index (χ0v) is 23.3. The van der Waals surface area contributed by atoms with Crippen LogP contribution in [0.5, 0.6) is 0 Å². The Labute approximate surface area is 234 Å². The van der Waals surface area contributed by atoms with Gasteiger partial charge in [0.25, 0.3) is 0 Å². The number of hydrogen-bond donors (Lipinski definition) is 0. The van der Waals surface area contributed by atoms with E-state index in [9.17, 15) is 4.79 Å².